The Balaban J connectivity index is 1.57. The smallest absolute Gasteiger partial charge is 0.146 e. The average molecular weight is 304 g/mol. The SMILES string of the molecule is Cc1ccccc1SCC(=O)C1CCOC2(CCCC2)C1. The summed E-state index contributed by atoms with van der Waals surface area (Å²) in [5.41, 5.74) is 1.31. The Hall–Kier alpha value is -0.800. The Kier molecular flexibility index (Phi) is 4.70. The highest BCUT2D eigenvalue weighted by Crippen LogP contribution is 2.42. The summed E-state index contributed by atoms with van der Waals surface area (Å²) in [5, 5.41) is 0. The minimum absolute atomic E-state index is 0.0475. The highest BCUT2D eigenvalue weighted by Gasteiger charge is 2.41. The molecule has 1 spiro atoms. The molecule has 0 bridgehead atoms. The van der Waals surface area contributed by atoms with E-state index in [1.165, 1.54) is 23.3 Å². The lowest BCUT2D eigenvalue weighted by Gasteiger charge is -2.37. The van der Waals surface area contributed by atoms with Gasteiger partial charge in [0.05, 0.1) is 11.4 Å². The summed E-state index contributed by atoms with van der Waals surface area (Å²) in [6.07, 6.45) is 6.70. The van der Waals surface area contributed by atoms with Crippen LogP contribution in [0, 0.1) is 12.8 Å². The van der Waals surface area contributed by atoms with E-state index in [2.05, 4.69) is 19.1 Å². The Labute approximate surface area is 131 Å². The van der Waals surface area contributed by atoms with E-state index >= 15 is 0 Å². The first-order chi connectivity index (χ1) is 10.2. The molecule has 114 valence electrons. The Morgan fingerprint density at radius 2 is 2.10 bits per heavy atom. The zero-order valence-corrected chi connectivity index (χ0v) is 13.6. The van der Waals surface area contributed by atoms with Gasteiger partial charge in [0, 0.05) is 17.4 Å². The highest BCUT2D eigenvalue weighted by molar-refractivity contribution is 8.00. The molecule has 3 heteroatoms. The summed E-state index contributed by atoms with van der Waals surface area (Å²) in [7, 11) is 0. The lowest BCUT2D eigenvalue weighted by molar-refractivity contribution is -0.134. The van der Waals surface area contributed by atoms with Crippen molar-refractivity contribution in [3.63, 3.8) is 0 Å². The van der Waals surface area contributed by atoms with E-state index in [0.29, 0.717) is 11.5 Å². The molecule has 1 atom stereocenters. The number of carbonyl (C=O) groups excluding carboxylic acids is 1. The van der Waals surface area contributed by atoms with E-state index in [4.69, 9.17) is 4.74 Å². The lowest BCUT2D eigenvalue weighted by Crippen LogP contribution is -2.40. The van der Waals surface area contributed by atoms with Gasteiger partial charge in [0.25, 0.3) is 0 Å². The number of Topliss-reactive ketones (excluding diaryl/α,β-unsaturated/α-hetero) is 1. The molecular weight excluding hydrogens is 280 g/mol. The fraction of sp³-hybridized carbons (Fsp3) is 0.611. The number of ketones is 1. The van der Waals surface area contributed by atoms with Crippen molar-refractivity contribution in [2.24, 2.45) is 5.92 Å². The van der Waals surface area contributed by atoms with E-state index in [1.807, 2.05) is 12.1 Å². The molecule has 0 N–H and O–H groups in total. The topological polar surface area (TPSA) is 26.3 Å². The maximum Gasteiger partial charge on any atom is 0.146 e. The minimum Gasteiger partial charge on any atom is -0.375 e. The van der Waals surface area contributed by atoms with E-state index in [0.717, 1.165) is 32.3 Å². The number of carbonyl (C=O) groups is 1. The van der Waals surface area contributed by atoms with Crippen molar-refractivity contribution in [2.75, 3.05) is 12.4 Å². The molecule has 1 saturated heterocycles. The zero-order chi connectivity index (χ0) is 14.7. The van der Waals surface area contributed by atoms with Crippen LogP contribution in [0.4, 0.5) is 0 Å². The third-order valence-corrected chi connectivity index (χ3v) is 6.12. The normalized spacial score (nSPS) is 24.3. The van der Waals surface area contributed by atoms with Crippen LogP contribution in [0.5, 0.6) is 0 Å². The second kappa shape index (κ2) is 6.53. The van der Waals surface area contributed by atoms with Crippen LogP contribution in [0.3, 0.4) is 0 Å². The van der Waals surface area contributed by atoms with Gasteiger partial charge in [-0.25, -0.2) is 0 Å². The van der Waals surface area contributed by atoms with Crippen molar-refractivity contribution >= 4 is 17.5 Å². The van der Waals surface area contributed by atoms with Crippen LogP contribution in [-0.2, 0) is 9.53 Å². The van der Waals surface area contributed by atoms with Crippen molar-refractivity contribution in [1.29, 1.82) is 0 Å². The van der Waals surface area contributed by atoms with Crippen LogP contribution < -0.4 is 0 Å². The fourth-order valence-corrected chi connectivity index (χ4v) is 4.66. The van der Waals surface area contributed by atoms with Crippen LogP contribution in [0.25, 0.3) is 0 Å². The Morgan fingerprint density at radius 3 is 2.86 bits per heavy atom. The summed E-state index contributed by atoms with van der Waals surface area (Å²) in [4.78, 5) is 13.8. The largest absolute Gasteiger partial charge is 0.375 e. The van der Waals surface area contributed by atoms with Gasteiger partial charge >= 0.3 is 0 Å². The van der Waals surface area contributed by atoms with E-state index in [-0.39, 0.29) is 11.5 Å². The summed E-state index contributed by atoms with van der Waals surface area (Å²) in [6, 6.07) is 8.30. The number of aryl methyl sites for hydroxylation is 1. The molecule has 3 rings (SSSR count). The first-order valence-electron chi connectivity index (χ1n) is 8.04. The fourth-order valence-electron chi connectivity index (χ4n) is 3.66. The van der Waals surface area contributed by atoms with Crippen LogP contribution in [0.2, 0.25) is 0 Å². The quantitative estimate of drug-likeness (QED) is 0.771. The van der Waals surface area contributed by atoms with Crippen molar-refractivity contribution in [1.82, 2.24) is 0 Å². The van der Waals surface area contributed by atoms with Crippen LogP contribution in [0.15, 0.2) is 29.2 Å². The van der Waals surface area contributed by atoms with Gasteiger partial charge < -0.3 is 4.74 Å². The predicted molar refractivity (Wildman–Crippen MR) is 86.8 cm³/mol. The molecule has 21 heavy (non-hydrogen) atoms. The van der Waals surface area contributed by atoms with Gasteiger partial charge in [-0.1, -0.05) is 31.0 Å². The second-order valence-corrected chi connectivity index (χ2v) is 7.47. The molecule has 1 aromatic rings. The summed E-state index contributed by atoms with van der Waals surface area (Å²) in [6.45, 7) is 2.88. The summed E-state index contributed by atoms with van der Waals surface area (Å²) < 4.78 is 6.03. The van der Waals surface area contributed by atoms with Gasteiger partial charge in [-0.05, 0) is 44.2 Å². The number of hydrogen-bond donors (Lipinski definition) is 0. The summed E-state index contributed by atoms with van der Waals surface area (Å²) in [5.74, 6) is 1.23. The highest BCUT2D eigenvalue weighted by atomic mass is 32.2. The molecule has 1 heterocycles. The standard InChI is InChI=1S/C18H24O2S/c1-14-6-2-3-7-17(14)21-13-16(19)15-8-11-20-18(12-15)9-4-5-10-18/h2-3,6-7,15H,4-5,8-13H2,1H3. The molecule has 1 aliphatic heterocycles. The van der Waals surface area contributed by atoms with Crippen LogP contribution in [0.1, 0.15) is 44.1 Å². The maximum absolute atomic E-state index is 12.5. The Bertz CT molecular complexity index is 506. The third-order valence-electron chi connectivity index (χ3n) is 4.93. The maximum atomic E-state index is 12.5. The first kappa shape index (κ1) is 15.1. The molecule has 0 radical (unpaired) electrons. The van der Waals surface area contributed by atoms with Gasteiger partial charge in [-0.15, -0.1) is 11.8 Å². The molecule has 2 fully saturated rings. The van der Waals surface area contributed by atoms with Crippen LogP contribution >= 0.6 is 11.8 Å². The van der Waals surface area contributed by atoms with E-state index in [1.54, 1.807) is 11.8 Å². The van der Waals surface area contributed by atoms with Crippen molar-refractivity contribution in [2.45, 2.75) is 55.9 Å². The van der Waals surface area contributed by atoms with Crippen molar-refractivity contribution in [3.05, 3.63) is 29.8 Å². The number of thioether (sulfide) groups is 1. The number of benzene rings is 1. The minimum atomic E-state index is 0.0475. The molecule has 2 nitrogen and oxygen atoms in total. The van der Waals surface area contributed by atoms with Crippen LogP contribution in [-0.4, -0.2) is 23.7 Å². The summed E-state index contributed by atoms with van der Waals surface area (Å²) >= 11 is 1.69. The van der Waals surface area contributed by atoms with Gasteiger partial charge in [0.15, 0.2) is 0 Å². The molecular formula is C18H24O2S. The molecule has 0 amide bonds. The van der Waals surface area contributed by atoms with Gasteiger partial charge in [0.1, 0.15) is 5.78 Å². The predicted octanol–water partition coefficient (Wildman–Crippen LogP) is 4.40. The molecule has 1 saturated carbocycles. The first-order valence-corrected chi connectivity index (χ1v) is 9.02. The number of hydrogen-bond acceptors (Lipinski definition) is 3. The van der Waals surface area contributed by atoms with Gasteiger partial charge in [-0.3, -0.25) is 4.79 Å². The monoisotopic (exact) mass is 304 g/mol. The van der Waals surface area contributed by atoms with Gasteiger partial charge in [0.2, 0.25) is 0 Å². The molecule has 2 aliphatic rings. The molecule has 1 aliphatic carbocycles. The average Bonchev–Trinajstić information content (AvgIpc) is 2.94. The molecule has 0 aromatic heterocycles. The van der Waals surface area contributed by atoms with E-state index in [9.17, 15) is 4.79 Å². The van der Waals surface area contributed by atoms with Crippen molar-refractivity contribution < 1.29 is 9.53 Å². The van der Waals surface area contributed by atoms with Gasteiger partial charge in [-0.2, -0.15) is 0 Å². The zero-order valence-electron chi connectivity index (χ0n) is 12.8. The second-order valence-electron chi connectivity index (χ2n) is 6.45. The number of ether oxygens (including phenoxy) is 1. The lowest BCUT2D eigenvalue weighted by atomic mass is 9.83. The van der Waals surface area contributed by atoms with E-state index < -0.39 is 0 Å². The number of rotatable bonds is 4. The van der Waals surface area contributed by atoms with Crippen molar-refractivity contribution in [3.8, 4) is 0 Å². The molecule has 1 unspecified atom stereocenters. The molecule has 1 aromatic carbocycles. The Morgan fingerprint density at radius 1 is 1.33 bits per heavy atom. The third kappa shape index (κ3) is 3.51.